The van der Waals surface area contributed by atoms with Crippen LogP contribution in [0.1, 0.15) is 32.6 Å². The average Bonchev–Trinajstić information content (AvgIpc) is 2.29. The van der Waals surface area contributed by atoms with Crippen LogP contribution in [0.4, 0.5) is 0 Å². The van der Waals surface area contributed by atoms with Crippen LogP contribution in [0.5, 0.6) is 0 Å². The molecule has 6 heteroatoms. The average molecular weight is 264 g/mol. The zero-order valence-corrected chi connectivity index (χ0v) is 11.4. The molecule has 0 spiro atoms. The Morgan fingerprint density at radius 2 is 1.94 bits per heavy atom. The molecule has 0 amide bonds. The van der Waals surface area contributed by atoms with E-state index in [0.717, 1.165) is 32.4 Å². The van der Waals surface area contributed by atoms with Gasteiger partial charge in [-0.1, -0.05) is 6.92 Å². The summed E-state index contributed by atoms with van der Waals surface area (Å²) in [7, 11) is -3.11. The van der Waals surface area contributed by atoms with Crippen molar-refractivity contribution in [2.45, 2.75) is 38.6 Å². The minimum Gasteiger partial charge on any atom is -0.381 e. The molecule has 1 saturated heterocycles. The van der Waals surface area contributed by atoms with Crippen LogP contribution in [0.25, 0.3) is 0 Å². The topological polar surface area (TPSA) is 67.4 Å². The van der Waals surface area contributed by atoms with Crippen LogP contribution < -0.4 is 10.0 Å². The minimum atomic E-state index is -3.11. The van der Waals surface area contributed by atoms with Crippen molar-refractivity contribution in [1.29, 1.82) is 0 Å². The maximum absolute atomic E-state index is 11.8. The Bertz CT molecular complexity index is 287. The number of hydrogen-bond acceptors (Lipinski definition) is 4. The molecule has 0 aliphatic carbocycles. The molecule has 1 aliphatic heterocycles. The quantitative estimate of drug-likeness (QED) is 0.626. The SMILES string of the molecule is CCCNCCCS(=O)(=O)NC1CCOCC1. The van der Waals surface area contributed by atoms with Crippen LogP contribution in [0, 0.1) is 0 Å². The normalized spacial score (nSPS) is 18.4. The maximum atomic E-state index is 11.8. The number of hydrogen-bond donors (Lipinski definition) is 2. The van der Waals surface area contributed by atoms with E-state index in [2.05, 4.69) is 17.0 Å². The van der Waals surface area contributed by atoms with Crippen molar-refractivity contribution in [3.63, 3.8) is 0 Å². The summed E-state index contributed by atoms with van der Waals surface area (Å²) in [5.74, 6) is 0.209. The Labute approximate surface area is 104 Å². The first-order valence-corrected chi connectivity index (χ1v) is 8.08. The predicted octanol–water partition coefficient (Wildman–Crippen LogP) is 0.475. The molecule has 0 aromatic carbocycles. The van der Waals surface area contributed by atoms with Gasteiger partial charge < -0.3 is 10.1 Å². The molecule has 0 radical (unpaired) electrons. The van der Waals surface area contributed by atoms with Gasteiger partial charge in [0.25, 0.3) is 0 Å². The van der Waals surface area contributed by atoms with Crippen molar-refractivity contribution < 1.29 is 13.2 Å². The van der Waals surface area contributed by atoms with E-state index in [1.54, 1.807) is 0 Å². The third-order valence-electron chi connectivity index (χ3n) is 2.76. The fourth-order valence-corrected chi connectivity index (χ4v) is 3.20. The van der Waals surface area contributed by atoms with Crippen LogP contribution in [-0.4, -0.2) is 46.5 Å². The van der Waals surface area contributed by atoms with E-state index in [-0.39, 0.29) is 11.8 Å². The van der Waals surface area contributed by atoms with E-state index in [1.165, 1.54) is 0 Å². The molecule has 1 fully saturated rings. The summed E-state index contributed by atoms with van der Waals surface area (Å²) < 4.78 is 31.4. The number of rotatable bonds is 8. The van der Waals surface area contributed by atoms with Crippen molar-refractivity contribution in [3.8, 4) is 0 Å². The molecule has 0 aromatic rings. The van der Waals surface area contributed by atoms with Crippen molar-refractivity contribution >= 4 is 10.0 Å². The molecule has 102 valence electrons. The molecule has 1 aliphatic rings. The lowest BCUT2D eigenvalue weighted by atomic mass is 10.1. The predicted molar refractivity (Wildman–Crippen MR) is 68.5 cm³/mol. The molecule has 0 saturated carbocycles. The lowest BCUT2D eigenvalue weighted by Crippen LogP contribution is -2.40. The second kappa shape index (κ2) is 8.02. The Kier molecular flexibility index (Phi) is 7.03. The largest absolute Gasteiger partial charge is 0.381 e. The Balaban J connectivity index is 2.16. The van der Waals surface area contributed by atoms with E-state index in [0.29, 0.717) is 19.6 Å². The third kappa shape index (κ3) is 6.98. The van der Waals surface area contributed by atoms with E-state index >= 15 is 0 Å². The van der Waals surface area contributed by atoms with Crippen molar-refractivity contribution in [2.24, 2.45) is 0 Å². The molecule has 1 rings (SSSR count). The summed E-state index contributed by atoms with van der Waals surface area (Å²) in [5.41, 5.74) is 0. The van der Waals surface area contributed by atoms with Gasteiger partial charge in [-0.25, -0.2) is 13.1 Å². The zero-order chi connectivity index (χ0) is 12.6. The van der Waals surface area contributed by atoms with Crippen LogP contribution in [0.2, 0.25) is 0 Å². The highest BCUT2D eigenvalue weighted by molar-refractivity contribution is 7.89. The summed E-state index contributed by atoms with van der Waals surface area (Å²) in [6.07, 6.45) is 3.31. The molecule has 0 aromatic heterocycles. The second-order valence-corrected chi connectivity index (χ2v) is 6.30. The van der Waals surface area contributed by atoms with Crippen LogP contribution in [0.15, 0.2) is 0 Å². The Morgan fingerprint density at radius 1 is 1.24 bits per heavy atom. The summed E-state index contributed by atoms with van der Waals surface area (Å²) in [4.78, 5) is 0. The van der Waals surface area contributed by atoms with Crippen molar-refractivity contribution in [3.05, 3.63) is 0 Å². The van der Waals surface area contributed by atoms with E-state index < -0.39 is 10.0 Å². The lowest BCUT2D eigenvalue weighted by molar-refractivity contribution is 0.0832. The standard InChI is InChI=1S/C11H24N2O3S/c1-2-6-12-7-3-10-17(14,15)13-11-4-8-16-9-5-11/h11-13H,2-10H2,1H3. The van der Waals surface area contributed by atoms with Crippen LogP contribution in [0.3, 0.4) is 0 Å². The number of sulfonamides is 1. The summed E-state index contributed by atoms with van der Waals surface area (Å²) >= 11 is 0. The van der Waals surface area contributed by atoms with Gasteiger partial charge in [0.15, 0.2) is 0 Å². The van der Waals surface area contributed by atoms with Gasteiger partial charge in [0.2, 0.25) is 10.0 Å². The molecule has 2 N–H and O–H groups in total. The summed E-state index contributed by atoms with van der Waals surface area (Å²) in [5, 5.41) is 3.20. The summed E-state index contributed by atoms with van der Waals surface area (Å²) in [6.45, 7) is 5.13. The highest BCUT2D eigenvalue weighted by Crippen LogP contribution is 2.07. The van der Waals surface area contributed by atoms with Crippen LogP contribution >= 0.6 is 0 Å². The van der Waals surface area contributed by atoms with Gasteiger partial charge >= 0.3 is 0 Å². The molecule has 0 unspecified atom stereocenters. The lowest BCUT2D eigenvalue weighted by Gasteiger charge is -2.22. The minimum absolute atomic E-state index is 0.0670. The van der Waals surface area contributed by atoms with Gasteiger partial charge in [0.05, 0.1) is 5.75 Å². The monoisotopic (exact) mass is 264 g/mol. The van der Waals surface area contributed by atoms with Gasteiger partial charge in [-0.2, -0.15) is 0 Å². The van der Waals surface area contributed by atoms with Gasteiger partial charge in [0.1, 0.15) is 0 Å². The first kappa shape index (κ1) is 14.9. The van der Waals surface area contributed by atoms with E-state index in [1.807, 2.05) is 0 Å². The van der Waals surface area contributed by atoms with Gasteiger partial charge in [-0.3, -0.25) is 0 Å². The fourth-order valence-electron chi connectivity index (χ4n) is 1.82. The molecule has 17 heavy (non-hydrogen) atoms. The fraction of sp³-hybridized carbons (Fsp3) is 1.00. The molecular weight excluding hydrogens is 240 g/mol. The maximum Gasteiger partial charge on any atom is 0.211 e. The highest BCUT2D eigenvalue weighted by atomic mass is 32.2. The van der Waals surface area contributed by atoms with Crippen molar-refractivity contribution in [1.82, 2.24) is 10.0 Å². The van der Waals surface area contributed by atoms with Crippen LogP contribution in [-0.2, 0) is 14.8 Å². The summed E-state index contributed by atoms with van der Waals surface area (Å²) in [6, 6.07) is 0.0670. The van der Waals surface area contributed by atoms with Crippen molar-refractivity contribution in [2.75, 3.05) is 32.1 Å². The number of ether oxygens (including phenoxy) is 1. The molecular formula is C11H24N2O3S. The first-order valence-electron chi connectivity index (χ1n) is 6.42. The Hall–Kier alpha value is -0.170. The molecule has 0 atom stereocenters. The van der Waals surface area contributed by atoms with Gasteiger partial charge in [0, 0.05) is 19.3 Å². The molecule has 5 nitrogen and oxygen atoms in total. The highest BCUT2D eigenvalue weighted by Gasteiger charge is 2.19. The zero-order valence-electron chi connectivity index (χ0n) is 10.6. The van der Waals surface area contributed by atoms with E-state index in [9.17, 15) is 8.42 Å². The molecule has 1 heterocycles. The number of nitrogens with one attached hydrogen (secondary N) is 2. The van der Waals surface area contributed by atoms with E-state index in [4.69, 9.17) is 4.74 Å². The molecule has 0 bridgehead atoms. The third-order valence-corrected chi connectivity index (χ3v) is 4.28. The van der Waals surface area contributed by atoms with Gasteiger partial charge in [-0.15, -0.1) is 0 Å². The smallest absolute Gasteiger partial charge is 0.211 e. The first-order chi connectivity index (χ1) is 8.14. The Morgan fingerprint density at radius 3 is 2.59 bits per heavy atom. The second-order valence-electron chi connectivity index (χ2n) is 4.43. The van der Waals surface area contributed by atoms with Gasteiger partial charge in [-0.05, 0) is 38.8 Å².